The zero-order valence-electron chi connectivity index (χ0n) is 13.1. The molecule has 5 heteroatoms. The predicted octanol–water partition coefficient (Wildman–Crippen LogP) is 2.90. The molecular weight excluding hydrogens is 290 g/mol. The fraction of sp³-hybridized carbons (Fsp3) is 0.500. The second-order valence-corrected chi connectivity index (χ2v) is 7.10. The van der Waals surface area contributed by atoms with E-state index < -0.39 is 11.4 Å². The molecule has 0 atom stereocenters. The van der Waals surface area contributed by atoms with Crippen molar-refractivity contribution < 1.29 is 9.90 Å². The molecular formula is C18H21N3O2. The number of nitrogens with one attached hydrogen (secondary N) is 1. The predicted molar refractivity (Wildman–Crippen MR) is 86.9 cm³/mol. The van der Waals surface area contributed by atoms with Gasteiger partial charge in [0.25, 0.3) is 0 Å². The third-order valence-electron chi connectivity index (χ3n) is 5.90. The number of nitrogens with zero attached hydrogens (tertiary/aromatic N) is 2. The summed E-state index contributed by atoms with van der Waals surface area (Å²) in [5.41, 5.74) is 2.71. The zero-order valence-corrected chi connectivity index (χ0v) is 13.1. The van der Waals surface area contributed by atoms with Gasteiger partial charge < -0.3 is 10.4 Å². The number of aromatic nitrogens is 2. The van der Waals surface area contributed by atoms with Gasteiger partial charge in [-0.2, -0.15) is 0 Å². The normalized spacial score (nSPS) is 29.7. The molecule has 0 radical (unpaired) electrons. The molecule has 2 bridgehead atoms. The minimum atomic E-state index is -0.598. The van der Waals surface area contributed by atoms with Crippen LogP contribution in [0.15, 0.2) is 30.6 Å². The monoisotopic (exact) mass is 311 g/mol. The number of hydrogen-bond acceptors (Lipinski definition) is 4. The molecule has 0 aliphatic heterocycles. The largest absolute Gasteiger partial charge is 0.481 e. The summed E-state index contributed by atoms with van der Waals surface area (Å²) in [6, 6.07) is 6.18. The van der Waals surface area contributed by atoms with Crippen LogP contribution in [-0.4, -0.2) is 26.6 Å². The van der Waals surface area contributed by atoms with Crippen LogP contribution in [-0.2, 0) is 11.3 Å². The number of benzene rings is 1. The van der Waals surface area contributed by atoms with Gasteiger partial charge in [0.2, 0.25) is 0 Å². The molecule has 1 aromatic carbocycles. The van der Waals surface area contributed by atoms with Crippen LogP contribution in [0.4, 0.5) is 0 Å². The Kier molecular flexibility index (Phi) is 3.34. The second kappa shape index (κ2) is 5.27. The lowest BCUT2D eigenvalue weighted by Gasteiger charge is -2.51. The minimum absolute atomic E-state index is 0.120. The molecule has 2 N–H and O–H groups in total. The molecule has 120 valence electrons. The van der Waals surface area contributed by atoms with E-state index in [0.717, 1.165) is 56.1 Å². The smallest absolute Gasteiger partial charge is 0.309 e. The van der Waals surface area contributed by atoms with Crippen molar-refractivity contribution in [1.29, 1.82) is 0 Å². The molecule has 5 rings (SSSR count). The number of fused-ring (bicyclic) bond motifs is 4. The highest BCUT2D eigenvalue weighted by atomic mass is 16.4. The van der Waals surface area contributed by atoms with E-state index in [-0.39, 0.29) is 5.54 Å². The topological polar surface area (TPSA) is 75.1 Å². The van der Waals surface area contributed by atoms with Crippen LogP contribution in [0.5, 0.6) is 0 Å². The average Bonchev–Trinajstić information content (AvgIpc) is 2.61. The van der Waals surface area contributed by atoms with Crippen molar-refractivity contribution >= 4 is 17.0 Å². The average molecular weight is 311 g/mol. The first-order valence-electron chi connectivity index (χ1n) is 8.29. The van der Waals surface area contributed by atoms with Crippen molar-refractivity contribution in [2.45, 2.75) is 50.6 Å². The number of aliphatic carboxylic acids is 1. The molecule has 3 aliphatic rings. The highest BCUT2D eigenvalue weighted by molar-refractivity contribution is 5.75. The number of carboxylic acid groups (broad SMARTS) is 1. The van der Waals surface area contributed by atoms with Crippen LogP contribution in [0, 0.1) is 5.41 Å². The van der Waals surface area contributed by atoms with Crippen LogP contribution in [0.2, 0.25) is 0 Å². The summed E-state index contributed by atoms with van der Waals surface area (Å²) < 4.78 is 0. The fourth-order valence-electron chi connectivity index (χ4n) is 4.18. The van der Waals surface area contributed by atoms with Gasteiger partial charge >= 0.3 is 5.97 Å². The standard InChI is InChI=1S/C18H21N3O2/c22-16(23)17-3-6-18(7-4-17,8-5-17)21-12-13-1-2-14-15(11-13)20-10-9-19-14/h1-2,9-11,21H,3-8,12H2,(H,22,23). The summed E-state index contributed by atoms with van der Waals surface area (Å²) in [4.78, 5) is 20.2. The summed E-state index contributed by atoms with van der Waals surface area (Å²) in [6.07, 6.45) is 8.73. The van der Waals surface area contributed by atoms with E-state index in [0.29, 0.717) is 0 Å². The van der Waals surface area contributed by atoms with Gasteiger partial charge in [0, 0.05) is 24.5 Å². The van der Waals surface area contributed by atoms with Crippen LogP contribution < -0.4 is 5.32 Å². The van der Waals surface area contributed by atoms with Gasteiger partial charge in [-0.25, -0.2) is 0 Å². The van der Waals surface area contributed by atoms with Gasteiger partial charge in [-0.3, -0.25) is 14.8 Å². The second-order valence-electron chi connectivity index (χ2n) is 7.10. The summed E-state index contributed by atoms with van der Waals surface area (Å²) >= 11 is 0. The van der Waals surface area contributed by atoms with Gasteiger partial charge in [0.05, 0.1) is 16.4 Å². The maximum absolute atomic E-state index is 11.5. The highest BCUT2D eigenvalue weighted by Crippen LogP contribution is 2.52. The molecule has 0 unspecified atom stereocenters. The van der Waals surface area contributed by atoms with Crippen molar-refractivity contribution in [3.05, 3.63) is 36.2 Å². The fourth-order valence-corrected chi connectivity index (χ4v) is 4.18. The molecule has 3 aliphatic carbocycles. The molecule has 0 spiro atoms. The van der Waals surface area contributed by atoms with Gasteiger partial charge in [-0.1, -0.05) is 6.07 Å². The third kappa shape index (κ3) is 2.49. The van der Waals surface area contributed by atoms with Crippen LogP contribution in [0.3, 0.4) is 0 Å². The SMILES string of the molecule is O=C(O)C12CCC(NCc3ccc4nccnc4c3)(CC1)CC2. The van der Waals surface area contributed by atoms with E-state index >= 15 is 0 Å². The summed E-state index contributed by atoms with van der Waals surface area (Å²) in [5, 5.41) is 13.2. The third-order valence-corrected chi connectivity index (χ3v) is 5.90. The van der Waals surface area contributed by atoms with Crippen molar-refractivity contribution in [2.24, 2.45) is 5.41 Å². The van der Waals surface area contributed by atoms with E-state index in [1.807, 2.05) is 6.07 Å². The van der Waals surface area contributed by atoms with Crippen molar-refractivity contribution in [2.75, 3.05) is 0 Å². The molecule has 1 heterocycles. The Morgan fingerprint density at radius 3 is 2.35 bits per heavy atom. The first kappa shape index (κ1) is 14.6. The maximum Gasteiger partial charge on any atom is 0.309 e. The minimum Gasteiger partial charge on any atom is -0.481 e. The quantitative estimate of drug-likeness (QED) is 0.908. The summed E-state index contributed by atoms with van der Waals surface area (Å²) in [7, 11) is 0. The Bertz CT molecular complexity index is 734. The number of carboxylic acids is 1. The van der Waals surface area contributed by atoms with Crippen LogP contribution in [0.1, 0.15) is 44.1 Å². The van der Waals surface area contributed by atoms with E-state index in [9.17, 15) is 9.90 Å². The van der Waals surface area contributed by atoms with Crippen LogP contribution in [0.25, 0.3) is 11.0 Å². The number of rotatable bonds is 4. The number of carbonyl (C=O) groups is 1. The van der Waals surface area contributed by atoms with Gasteiger partial charge in [-0.15, -0.1) is 0 Å². The molecule has 3 saturated carbocycles. The van der Waals surface area contributed by atoms with Crippen molar-refractivity contribution in [3.8, 4) is 0 Å². The van der Waals surface area contributed by atoms with Crippen LogP contribution >= 0.6 is 0 Å². The summed E-state index contributed by atoms with van der Waals surface area (Å²) in [6.45, 7) is 0.798. The lowest BCUT2D eigenvalue weighted by atomic mass is 9.57. The van der Waals surface area contributed by atoms with E-state index in [4.69, 9.17) is 0 Å². The van der Waals surface area contributed by atoms with E-state index in [2.05, 4.69) is 27.4 Å². The molecule has 5 nitrogen and oxygen atoms in total. The van der Waals surface area contributed by atoms with Crippen molar-refractivity contribution in [3.63, 3.8) is 0 Å². The Labute approximate surface area is 135 Å². The Morgan fingerprint density at radius 2 is 1.70 bits per heavy atom. The van der Waals surface area contributed by atoms with E-state index in [1.54, 1.807) is 12.4 Å². The first-order valence-corrected chi connectivity index (χ1v) is 8.29. The maximum atomic E-state index is 11.5. The Balaban J connectivity index is 1.46. The molecule has 1 aromatic heterocycles. The van der Waals surface area contributed by atoms with Gasteiger partial charge in [0.1, 0.15) is 0 Å². The zero-order chi connectivity index (χ0) is 15.9. The molecule has 23 heavy (non-hydrogen) atoms. The molecule has 3 fully saturated rings. The van der Waals surface area contributed by atoms with Gasteiger partial charge in [0.15, 0.2) is 0 Å². The molecule has 2 aromatic rings. The van der Waals surface area contributed by atoms with Crippen molar-refractivity contribution in [1.82, 2.24) is 15.3 Å². The van der Waals surface area contributed by atoms with E-state index in [1.165, 1.54) is 5.56 Å². The molecule has 0 saturated heterocycles. The highest BCUT2D eigenvalue weighted by Gasteiger charge is 2.52. The number of hydrogen-bond donors (Lipinski definition) is 2. The molecule has 0 amide bonds. The van der Waals surface area contributed by atoms with Gasteiger partial charge in [-0.05, 0) is 56.2 Å². The Hall–Kier alpha value is -2.01. The lowest BCUT2D eigenvalue weighted by Crippen LogP contribution is -2.56. The Morgan fingerprint density at radius 1 is 1.04 bits per heavy atom. The summed E-state index contributed by atoms with van der Waals surface area (Å²) in [5.74, 6) is -0.598. The first-order chi connectivity index (χ1) is 11.1. The lowest BCUT2D eigenvalue weighted by molar-refractivity contribution is -0.156.